The minimum absolute atomic E-state index is 0.239. The number of aryl methyl sites for hydroxylation is 2. The minimum atomic E-state index is -1.26. The average molecular weight is 306 g/mol. The van der Waals surface area contributed by atoms with E-state index in [0.717, 1.165) is 18.0 Å². The highest BCUT2D eigenvalue weighted by molar-refractivity contribution is 5.59. The van der Waals surface area contributed by atoms with Crippen LogP contribution in [0.3, 0.4) is 0 Å². The van der Waals surface area contributed by atoms with Gasteiger partial charge in [-0.1, -0.05) is 33.3 Å². The molecule has 124 valence electrons. The van der Waals surface area contributed by atoms with Crippen molar-refractivity contribution in [2.24, 2.45) is 5.92 Å². The third-order valence-corrected chi connectivity index (χ3v) is 3.94. The van der Waals surface area contributed by atoms with Crippen molar-refractivity contribution in [3.8, 4) is 0 Å². The summed E-state index contributed by atoms with van der Waals surface area (Å²) in [6, 6.07) is 2.04. The summed E-state index contributed by atoms with van der Waals surface area (Å²) >= 11 is 0. The fourth-order valence-corrected chi connectivity index (χ4v) is 2.46. The molecule has 1 N–H and O–H groups in total. The molecule has 1 heterocycles. The Morgan fingerprint density at radius 1 is 1.41 bits per heavy atom. The second-order valence-corrected chi connectivity index (χ2v) is 6.98. The average Bonchev–Trinajstić information content (AvgIpc) is 2.43. The van der Waals surface area contributed by atoms with Crippen LogP contribution in [0.25, 0.3) is 5.70 Å². The molecule has 22 heavy (non-hydrogen) atoms. The summed E-state index contributed by atoms with van der Waals surface area (Å²) in [6.07, 6.45) is 6.73. The number of rotatable bonds is 9. The van der Waals surface area contributed by atoms with Gasteiger partial charge < -0.3 is 5.32 Å². The van der Waals surface area contributed by atoms with Crippen molar-refractivity contribution in [3.05, 3.63) is 35.7 Å². The Hall–Kier alpha value is -1.38. The van der Waals surface area contributed by atoms with Crippen molar-refractivity contribution in [2.75, 3.05) is 6.54 Å². The molecule has 0 saturated carbocycles. The molecule has 0 amide bonds. The maximum absolute atomic E-state index is 13.5. The van der Waals surface area contributed by atoms with Crippen molar-refractivity contribution < 1.29 is 4.39 Å². The predicted octanol–water partition coefficient (Wildman–Crippen LogP) is 5.07. The van der Waals surface area contributed by atoms with E-state index in [4.69, 9.17) is 0 Å². The van der Waals surface area contributed by atoms with Gasteiger partial charge in [0.1, 0.15) is 5.67 Å². The molecule has 1 atom stereocenters. The summed E-state index contributed by atoms with van der Waals surface area (Å²) < 4.78 is 13.5. The molecule has 0 aliphatic carbocycles. The van der Waals surface area contributed by atoms with Crippen molar-refractivity contribution in [1.82, 2.24) is 10.3 Å². The summed E-state index contributed by atoms with van der Waals surface area (Å²) in [5.74, 6) is 0.757. The van der Waals surface area contributed by atoms with Crippen molar-refractivity contribution >= 4 is 5.70 Å². The number of hydrogen-bond donors (Lipinski definition) is 1. The van der Waals surface area contributed by atoms with Gasteiger partial charge in [-0.25, -0.2) is 4.39 Å². The highest BCUT2D eigenvalue weighted by Gasteiger charge is 2.15. The maximum Gasteiger partial charge on any atom is 0.122 e. The lowest BCUT2D eigenvalue weighted by Crippen LogP contribution is -2.29. The monoisotopic (exact) mass is 306 g/mol. The van der Waals surface area contributed by atoms with Crippen LogP contribution in [0.15, 0.2) is 18.8 Å². The smallest absolute Gasteiger partial charge is 0.122 e. The van der Waals surface area contributed by atoms with Gasteiger partial charge >= 0.3 is 0 Å². The number of nitrogens with zero attached hydrogens (tertiary/aromatic N) is 1. The molecule has 1 unspecified atom stereocenters. The van der Waals surface area contributed by atoms with E-state index < -0.39 is 5.67 Å². The lowest BCUT2D eigenvalue weighted by molar-refractivity contribution is 0.219. The van der Waals surface area contributed by atoms with Gasteiger partial charge in [-0.3, -0.25) is 4.98 Å². The third kappa shape index (κ3) is 6.59. The fourth-order valence-electron chi connectivity index (χ4n) is 2.46. The summed E-state index contributed by atoms with van der Waals surface area (Å²) in [4.78, 5) is 4.48. The van der Waals surface area contributed by atoms with Crippen molar-refractivity contribution in [1.29, 1.82) is 0 Å². The Morgan fingerprint density at radius 2 is 2.09 bits per heavy atom. The number of pyridine rings is 1. The maximum atomic E-state index is 13.5. The Labute approximate surface area is 135 Å². The van der Waals surface area contributed by atoms with E-state index in [1.165, 1.54) is 30.4 Å². The number of alkyl halides is 1. The lowest BCUT2D eigenvalue weighted by atomic mass is 9.96. The molecular weight excluding hydrogens is 275 g/mol. The van der Waals surface area contributed by atoms with Gasteiger partial charge in [-0.15, -0.1) is 0 Å². The van der Waals surface area contributed by atoms with Gasteiger partial charge in [0.25, 0.3) is 0 Å². The third-order valence-electron chi connectivity index (χ3n) is 3.94. The second-order valence-electron chi connectivity index (χ2n) is 6.98. The Bertz CT molecular complexity index is 489. The van der Waals surface area contributed by atoms with E-state index in [1.54, 1.807) is 13.8 Å². The molecule has 0 radical (unpaired) electrons. The molecular formula is C19H31FN2. The molecule has 1 rings (SSSR count). The number of nitrogens with one attached hydrogen (secondary N) is 1. The van der Waals surface area contributed by atoms with Crippen LogP contribution >= 0.6 is 0 Å². The first-order valence-corrected chi connectivity index (χ1v) is 8.30. The zero-order valence-corrected chi connectivity index (χ0v) is 14.8. The molecule has 0 bridgehead atoms. The second kappa shape index (κ2) is 8.30. The first kappa shape index (κ1) is 18.7. The van der Waals surface area contributed by atoms with Gasteiger partial charge in [0.05, 0.1) is 11.4 Å². The molecule has 0 aliphatic rings. The molecule has 0 saturated heterocycles. The SMILES string of the molecule is C=C(NCC(C)(C)F)c1cc(C)c(CCC(C)CCC)cn1. The van der Waals surface area contributed by atoms with E-state index in [9.17, 15) is 4.39 Å². The van der Waals surface area contributed by atoms with Crippen LogP contribution in [0.2, 0.25) is 0 Å². The first-order chi connectivity index (χ1) is 10.2. The largest absolute Gasteiger partial charge is 0.381 e. The number of aromatic nitrogens is 1. The van der Waals surface area contributed by atoms with Crippen LogP contribution in [-0.2, 0) is 6.42 Å². The zero-order valence-electron chi connectivity index (χ0n) is 14.8. The van der Waals surface area contributed by atoms with Crippen molar-refractivity contribution in [2.45, 2.75) is 66.0 Å². The van der Waals surface area contributed by atoms with Crippen LogP contribution in [0.1, 0.15) is 63.8 Å². The molecule has 0 fully saturated rings. The number of hydrogen-bond acceptors (Lipinski definition) is 2. The van der Waals surface area contributed by atoms with E-state index >= 15 is 0 Å². The van der Waals surface area contributed by atoms with Gasteiger partial charge in [-0.05, 0) is 56.7 Å². The topological polar surface area (TPSA) is 24.9 Å². The Morgan fingerprint density at radius 3 is 2.64 bits per heavy atom. The molecule has 2 nitrogen and oxygen atoms in total. The van der Waals surface area contributed by atoms with E-state index in [1.807, 2.05) is 12.3 Å². The minimum Gasteiger partial charge on any atom is -0.381 e. The summed E-state index contributed by atoms with van der Waals surface area (Å²) in [5, 5.41) is 3.02. The Balaban J connectivity index is 2.63. The molecule has 1 aromatic rings. The Kier molecular flexibility index (Phi) is 7.05. The quantitative estimate of drug-likeness (QED) is 0.689. The standard InChI is InChI=1S/C19H31FN2/c1-7-8-14(2)9-10-17-12-21-18(11-15(17)3)16(4)22-13-19(5,6)20/h11-12,14,22H,4,7-10,13H2,1-3,5-6H3. The first-order valence-electron chi connectivity index (χ1n) is 8.30. The highest BCUT2D eigenvalue weighted by Crippen LogP contribution is 2.19. The summed E-state index contributed by atoms with van der Waals surface area (Å²) in [6.45, 7) is 13.9. The van der Waals surface area contributed by atoms with Gasteiger partial charge in [0.15, 0.2) is 0 Å². The molecule has 1 aromatic heterocycles. The number of halogens is 1. The lowest BCUT2D eigenvalue weighted by Gasteiger charge is -2.18. The van der Waals surface area contributed by atoms with Gasteiger partial charge in [-0.2, -0.15) is 0 Å². The molecule has 0 spiro atoms. The van der Waals surface area contributed by atoms with Crippen molar-refractivity contribution in [3.63, 3.8) is 0 Å². The molecule has 0 aliphatic heterocycles. The normalized spacial score (nSPS) is 13.0. The molecule has 0 aromatic carbocycles. The van der Waals surface area contributed by atoms with E-state index in [2.05, 4.69) is 37.7 Å². The fraction of sp³-hybridized carbons (Fsp3) is 0.632. The van der Waals surface area contributed by atoms with E-state index in [0.29, 0.717) is 5.70 Å². The van der Waals surface area contributed by atoms with Gasteiger partial charge in [0, 0.05) is 12.7 Å². The van der Waals surface area contributed by atoms with Crippen LogP contribution < -0.4 is 5.32 Å². The molecule has 3 heteroatoms. The van der Waals surface area contributed by atoms with Crippen LogP contribution in [0, 0.1) is 12.8 Å². The predicted molar refractivity (Wildman–Crippen MR) is 93.6 cm³/mol. The zero-order chi connectivity index (χ0) is 16.8. The van der Waals surface area contributed by atoms with E-state index in [-0.39, 0.29) is 6.54 Å². The summed E-state index contributed by atoms with van der Waals surface area (Å²) in [7, 11) is 0. The highest BCUT2D eigenvalue weighted by atomic mass is 19.1. The van der Waals surface area contributed by atoms with Crippen LogP contribution in [0.4, 0.5) is 4.39 Å². The summed E-state index contributed by atoms with van der Waals surface area (Å²) in [5.41, 5.74) is 2.75. The van der Waals surface area contributed by atoms with Gasteiger partial charge in [0.2, 0.25) is 0 Å². The van der Waals surface area contributed by atoms with Crippen LogP contribution in [-0.4, -0.2) is 17.2 Å². The van der Waals surface area contributed by atoms with Crippen LogP contribution in [0.5, 0.6) is 0 Å².